The standard InChI is InChI=1S/C14H20ClN2O3.C8H19N2O.Y/c1-16-7-6-13(11-4-3-5-12(15)10-11)20-9-8-17-14(18)19-2;1-11-6-4-2-3-5-8(10)7-9;/h3-5,10,13H,6-9H2,1-2H3,(H,17,18);8-9H,2-7,10H2,1H3;/q2*-1;. The summed E-state index contributed by atoms with van der Waals surface area (Å²) in [6, 6.07) is 7.65. The Labute approximate surface area is 223 Å². The van der Waals surface area contributed by atoms with E-state index >= 15 is 0 Å². The number of amides is 1. The largest absolute Gasteiger partial charge is 0.676 e. The number of hydrogen-bond donors (Lipinski definition) is 2. The Balaban J connectivity index is 0. The molecule has 1 rings (SSSR count). The fourth-order valence-electron chi connectivity index (χ4n) is 2.66. The summed E-state index contributed by atoms with van der Waals surface area (Å²) in [4.78, 5) is 10.9. The maximum atomic E-state index is 10.9. The van der Waals surface area contributed by atoms with Crippen LogP contribution in [0.4, 0.5) is 4.79 Å². The molecule has 2 unspecified atom stereocenters. The first-order valence-corrected chi connectivity index (χ1v) is 11.0. The number of benzene rings is 1. The van der Waals surface area contributed by atoms with Crippen LogP contribution in [0.5, 0.6) is 0 Å². The average Bonchev–Trinajstić information content (AvgIpc) is 2.78. The minimum Gasteiger partial charge on any atom is -0.676 e. The molecule has 1 aromatic rings. The summed E-state index contributed by atoms with van der Waals surface area (Å²) in [5.74, 6) is 0. The van der Waals surface area contributed by atoms with Crippen LogP contribution >= 0.6 is 11.6 Å². The van der Waals surface area contributed by atoms with E-state index in [1.807, 2.05) is 24.3 Å². The second-order valence-corrected chi connectivity index (χ2v) is 7.40. The molecule has 183 valence electrons. The van der Waals surface area contributed by atoms with Crippen LogP contribution in [0.15, 0.2) is 24.3 Å². The molecular weight excluding hydrogens is 509 g/mol. The fourth-order valence-corrected chi connectivity index (χ4v) is 2.86. The summed E-state index contributed by atoms with van der Waals surface area (Å²) in [5.41, 5.74) is 13.6. The normalized spacial score (nSPS) is 12.1. The van der Waals surface area contributed by atoms with Crippen molar-refractivity contribution in [3.05, 3.63) is 45.9 Å². The van der Waals surface area contributed by atoms with Crippen molar-refractivity contribution in [2.45, 2.75) is 44.2 Å². The van der Waals surface area contributed by atoms with Crippen LogP contribution in [-0.2, 0) is 46.9 Å². The zero-order valence-electron chi connectivity index (χ0n) is 19.6. The first-order valence-electron chi connectivity index (χ1n) is 10.6. The van der Waals surface area contributed by atoms with E-state index in [4.69, 9.17) is 32.5 Å². The van der Waals surface area contributed by atoms with E-state index in [1.165, 1.54) is 13.5 Å². The molecule has 1 amide bonds. The SMILES string of the molecule is COCCCCCC(N)C[NH-].C[N-]CCC(OCCNC(=O)OC)c1cccc(Cl)c1.[Y]. The Morgan fingerprint density at radius 2 is 1.97 bits per heavy atom. The van der Waals surface area contributed by atoms with Gasteiger partial charge in [-0.3, -0.25) is 0 Å². The quantitative estimate of drug-likeness (QED) is 0.308. The number of carbonyl (C=O) groups excluding carboxylic acids is 1. The van der Waals surface area contributed by atoms with Crippen LogP contribution in [0, 0.1) is 0 Å². The molecule has 1 radical (unpaired) electrons. The molecule has 10 heteroatoms. The molecule has 0 aliphatic rings. The van der Waals surface area contributed by atoms with Gasteiger partial charge in [-0.1, -0.05) is 36.6 Å². The van der Waals surface area contributed by atoms with Crippen molar-refractivity contribution in [3.8, 4) is 0 Å². The van der Waals surface area contributed by atoms with Crippen LogP contribution in [-0.4, -0.2) is 66.3 Å². The van der Waals surface area contributed by atoms with E-state index in [1.54, 1.807) is 14.2 Å². The molecule has 8 nitrogen and oxygen atoms in total. The topological polar surface area (TPSA) is 121 Å². The summed E-state index contributed by atoms with van der Waals surface area (Å²) in [6.45, 7) is 2.70. The summed E-state index contributed by atoms with van der Waals surface area (Å²) in [7, 11) is 4.82. The average molecular weight is 548 g/mol. The maximum absolute atomic E-state index is 10.9. The molecule has 0 saturated carbocycles. The van der Waals surface area contributed by atoms with Crippen molar-refractivity contribution in [1.82, 2.24) is 5.32 Å². The van der Waals surface area contributed by atoms with Gasteiger partial charge >= 0.3 is 6.09 Å². The van der Waals surface area contributed by atoms with Crippen LogP contribution in [0.2, 0.25) is 5.02 Å². The molecule has 0 heterocycles. The molecule has 0 saturated heterocycles. The zero-order valence-corrected chi connectivity index (χ0v) is 23.2. The summed E-state index contributed by atoms with van der Waals surface area (Å²) < 4.78 is 15.2. The molecule has 0 aromatic heterocycles. The molecule has 0 bridgehead atoms. The van der Waals surface area contributed by atoms with Gasteiger partial charge in [0.05, 0.1) is 19.8 Å². The number of ether oxygens (including phenoxy) is 3. The van der Waals surface area contributed by atoms with Crippen LogP contribution in [0.3, 0.4) is 0 Å². The van der Waals surface area contributed by atoms with Crippen molar-refractivity contribution in [2.75, 3.05) is 54.1 Å². The first kappa shape index (κ1) is 33.9. The minimum absolute atomic E-state index is 0. The Bertz CT molecular complexity index is 572. The summed E-state index contributed by atoms with van der Waals surface area (Å²) in [6.07, 6.45) is 4.61. The number of carbonyl (C=O) groups is 1. The van der Waals surface area contributed by atoms with Gasteiger partial charge in [0.1, 0.15) is 0 Å². The van der Waals surface area contributed by atoms with Crippen molar-refractivity contribution in [3.63, 3.8) is 0 Å². The Morgan fingerprint density at radius 1 is 1.22 bits per heavy atom. The van der Waals surface area contributed by atoms with Crippen molar-refractivity contribution >= 4 is 17.7 Å². The molecule has 0 fully saturated rings. The molecule has 0 spiro atoms. The molecule has 4 N–H and O–H groups in total. The molecule has 1 aromatic carbocycles. The molecular formula is C22H39ClN4O4Y-2. The van der Waals surface area contributed by atoms with Crippen LogP contribution < -0.4 is 11.1 Å². The van der Waals surface area contributed by atoms with E-state index in [2.05, 4.69) is 15.4 Å². The van der Waals surface area contributed by atoms with Gasteiger partial charge in [-0.25, -0.2) is 4.79 Å². The number of hydrogen-bond acceptors (Lipinski definition) is 5. The number of unbranched alkanes of at least 4 members (excludes halogenated alkanes) is 2. The Hall–Kier alpha value is -0.316. The van der Waals surface area contributed by atoms with Gasteiger partial charge in [0, 0.05) is 58.0 Å². The second-order valence-electron chi connectivity index (χ2n) is 6.97. The third-order valence-corrected chi connectivity index (χ3v) is 4.63. The van der Waals surface area contributed by atoms with Crippen LogP contribution in [0.25, 0.3) is 11.1 Å². The Kier molecular flexibility index (Phi) is 25.2. The van der Waals surface area contributed by atoms with Gasteiger partial charge in [-0.05, 0) is 43.0 Å². The zero-order chi connectivity index (χ0) is 23.3. The first-order chi connectivity index (χ1) is 15.0. The monoisotopic (exact) mass is 547 g/mol. The van der Waals surface area contributed by atoms with Crippen LogP contribution in [0.1, 0.15) is 43.8 Å². The molecule has 0 aliphatic heterocycles. The molecule has 2 atom stereocenters. The third-order valence-electron chi connectivity index (χ3n) is 4.40. The predicted molar refractivity (Wildman–Crippen MR) is 127 cm³/mol. The van der Waals surface area contributed by atoms with Gasteiger partial charge < -0.3 is 36.3 Å². The van der Waals surface area contributed by atoms with Crippen molar-refractivity contribution in [2.24, 2.45) is 5.73 Å². The van der Waals surface area contributed by atoms with E-state index in [9.17, 15) is 4.79 Å². The number of nitrogens with zero attached hydrogens (tertiary/aromatic N) is 1. The fraction of sp³-hybridized carbons (Fsp3) is 0.682. The third kappa shape index (κ3) is 19.2. The summed E-state index contributed by atoms with van der Waals surface area (Å²) in [5, 5.41) is 7.34. The smallest absolute Gasteiger partial charge is 0.406 e. The van der Waals surface area contributed by atoms with E-state index in [0.717, 1.165) is 37.9 Å². The number of methoxy groups -OCH3 is 2. The predicted octanol–water partition coefficient (Wildman–Crippen LogP) is 4.72. The van der Waals surface area contributed by atoms with E-state index in [0.29, 0.717) is 31.3 Å². The number of halogens is 1. The number of nitrogens with one attached hydrogen (secondary N) is 2. The molecule has 32 heavy (non-hydrogen) atoms. The minimum atomic E-state index is -0.462. The van der Waals surface area contributed by atoms with Crippen molar-refractivity contribution < 1.29 is 51.7 Å². The summed E-state index contributed by atoms with van der Waals surface area (Å²) >= 11 is 5.99. The van der Waals surface area contributed by atoms with Gasteiger partial charge in [-0.15, -0.1) is 13.1 Å². The van der Waals surface area contributed by atoms with E-state index in [-0.39, 0.29) is 44.9 Å². The van der Waals surface area contributed by atoms with Gasteiger partial charge in [0.25, 0.3) is 0 Å². The second kappa shape index (κ2) is 23.8. The number of alkyl carbamates (subject to hydrolysis) is 1. The van der Waals surface area contributed by atoms with Gasteiger partial charge in [-0.2, -0.15) is 7.05 Å². The number of nitrogens with two attached hydrogens (primary N) is 1. The van der Waals surface area contributed by atoms with Crippen molar-refractivity contribution in [1.29, 1.82) is 0 Å². The molecule has 0 aliphatic carbocycles. The van der Waals surface area contributed by atoms with E-state index < -0.39 is 6.09 Å². The maximum Gasteiger partial charge on any atom is 0.406 e. The number of rotatable bonds is 15. The van der Waals surface area contributed by atoms with Gasteiger partial charge in [0.15, 0.2) is 0 Å². The van der Waals surface area contributed by atoms with Gasteiger partial charge in [0.2, 0.25) is 0 Å². The Morgan fingerprint density at radius 3 is 2.56 bits per heavy atom.